The van der Waals surface area contributed by atoms with Crippen molar-refractivity contribution in [1.82, 2.24) is 29.7 Å². The van der Waals surface area contributed by atoms with Crippen LogP contribution in [-0.2, 0) is 19.5 Å². The molecule has 1 aliphatic heterocycles. The zero-order chi connectivity index (χ0) is 33.9. The van der Waals surface area contributed by atoms with Gasteiger partial charge in [0.25, 0.3) is 5.91 Å². The molecule has 0 radical (unpaired) electrons. The summed E-state index contributed by atoms with van der Waals surface area (Å²) in [6, 6.07) is 14.3. The molecule has 9 nitrogen and oxygen atoms in total. The number of fused-ring (bicyclic) bond motifs is 3. The van der Waals surface area contributed by atoms with E-state index in [9.17, 15) is 23.2 Å². The second kappa shape index (κ2) is 12.2. The summed E-state index contributed by atoms with van der Waals surface area (Å²) in [4.78, 5) is 27.4. The predicted octanol–water partition coefficient (Wildman–Crippen LogP) is 6.93. The molecule has 3 fully saturated rings. The average molecular weight is 687 g/mol. The van der Waals surface area contributed by atoms with Gasteiger partial charge in [-0.15, -0.1) is 11.3 Å². The molecule has 254 valence electrons. The number of thiophene rings is 1. The van der Waals surface area contributed by atoms with E-state index in [0.717, 1.165) is 80.5 Å². The first-order valence-corrected chi connectivity index (χ1v) is 17.6. The SMILES string of the molecule is Cc1c(CN2CCC(Nc3ncnc4sc(CC(F)(F)F)cc34)CC2)ccc2c1cc(C#N)n2CC12CC(NC(=O)c3ccc[nH]3)CC1C2. The van der Waals surface area contributed by atoms with E-state index in [0.29, 0.717) is 33.3 Å². The molecule has 3 unspecified atom stereocenters. The predicted molar refractivity (Wildman–Crippen MR) is 182 cm³/mol. The standard InChI is InChI=1S/C36H37F3N8OS/c1-21-22(18-46-9-6-24(7-10-46)44-32-29-13-27(16-36(37,38)39)49-34(29)43-20-42-32)4-5-31-28(21)12-26(17-40)47(31)19-35-14-23(35)11-25(15-35)45-33(48)30-3-2-8-41-30/h2-5,8,12-13,20,23-25,41H,6-7,9-11,14-16,18-19H2,1H3,(H,45,48)(H,42,43,44). The summed E-state index contributed by atoms with van der Waals surface area (Å²) in [7, 11) is 0. The van der Waals surface area contributed by atoms with Crippen LogP contribution in [0, 0.1) is 29.6 Å². The van der Waals surface area contributed by atoms with Gasteiger partial charge in [0, 0.05) is 60.2 Å². The fourth-order valence-electron chi connectivity index (χ4n) is 8.28. The van der Waals surface area contributed by atoms with E-state index in [-0.39, 0.29) is 28.3 Å². The summed E-state index contributed by atoms with van der Waals surface area (Å²) in [5.74, 6) is 1.09. The number of hydrogen-bond donors (Lipinski definition) is 3. The minimum atomic E-state index is -4.26. The topological polar surface area (TPSA) is 115 Å². The smallest absolute Gasteiger partial charge is 0.367 e. The molecule has 8 rings (SSSR count). The average Bonchev–Trinajstić information content (AvgIpc) is 3.61. The highest BCUT2D eigenvalue weighted by molar-refractivity contribution is 7.18. The number of anilines is 1. The van der Waals surface area contributed by atoms with E-state index in [4.69, 9.17) is 0 Å². The number of aromatic amines is 1. The molecule has 3 atom stereocenters. The molecule has 4 aromatic heterocycles. The molecule has 1 amide bonds. The maximum absolute atomic E-state index is 13.0. The molecule has 3 aliphatic rings. The summed E-state index contributed by atoms with van der Waals surface area (Å²) in [5.41, 5.74) is 4.89. The number of aryl methyl sites for hydroxylation is 1. The first kappa shape index (κ1) is 31.8. The molecule has 2 saturated carbocycles. The fourth-order valence-corrected chi connectivity index (χ4v) is 9.31. The molecule has 5 aromatic rings. The largest absolute Gasteiger partial charge is 0.393 e. The number of nitrogens with one attached hydrogen (secondary N) is 3. The lowest BCUT2D eigenvalue weighted by Crippen LogP contribution is -2.39. The first-order valence-electron chi connectivity index (χ1n) is 16.8. The number of H-pyrrole nitrogens is 1. The molecular weight excluding hydrogens is 650 g/mol. The quantitative estimate of drug-likeness (QED) is 0.155. The number of hydrogen-bond acceptors (Lipinski definition) is 7. The Kier molecular flexibility index (Phi) is 7.91. The van der Waals surface area contributed by atoms with Crippen LogP contribution in [-0.4, -0.2) is 61.7 Å². The Bertz CT molecular complexity index is 2070. The number of benzene rings is 1. The van der Waals surface area contributed by atoms with Gasteiger partial charge in [-0.2, -0.15) is 18.4 Å². The number of carbonyl (C=O) groups excluding carboxylic acids is 1. The number of nitrogens with zero attached hydrogens (tertiary/aromatic N) is 5. The van der Waals surface area contributed by atoms with E-state index in [1.165, 1.54) is 17.5 Å². The van der Waals surface area contributed by atoms with Crippen LogP contribution in [0.5, 0.6) is 0 Å². The number of halogens is 3. The molecule has 13 heteroatoms. The lowest BCUT2D eigenvalue weighted by molar-refractivity contribution is -0.126. The van der Waals surface area contributed by atoms with Crippen molar-refractivity contribution in [3.8, 4) is 6.07 Å². The van der Waals surface area contributed by atoms with Crippen molar-refractivity contribution in [3.05, 3.63) is 76.3 Å². The Labute approximate surface area is 285 Å². The molecule has 0 spiro atoms. The Morgan fingerprint density at radius 3 is 2.73 bits per heavy atom. The highest BCUT2D eigenvalue weighted by Gasteiger charge is 2.60. The third-order valence-corrected chi connectivity index (χ3v) is 11.9. The first-order chi connectivity index (χ1) is 23.6. The third-order valence-electron chi connectivity index (χ3n) is 10.9. The van der Waals surface area contributed by atoms with Gasteiger partial charge in [0.2, 0.25) is 0 Å². The van der Waals surface area contributed by atoms with Crippen molar-refractivity contribution in [2.45, 2.75) is 76.8 Å². The summed E-state index contributed by atoms with van der Waals surface area (Å²) in [5, 5.41) is 18.6. The van der Waals surface area contributed by atoms with Gasteiger partial charge in [-0.3, -0.25) is 9.69 Å². The monoisotopic (exact) mass is 686 g/mol. The third kappa shape index (κ3) is 6.28. The molecule has 1 saturated heterocycles. The number of aromatic nitrogens is 4. The minimum absolute atomic E-state index is 0.0637. The van der Waals surface area contributed by atoms with Gasteiger partial charge in [-0.1, -0.05) is 6.07 Å². The zero-order valence-electron chi connectivity index (χ0n) is 27.1. The number of nitriles is 1. The van der Waals surface area contributed by atoms with Gasteiger partial charge in [0.05, 0.1) is 11.8 Å². The Morgan fingerprint density at radius 2 is 1.98 bits per heavy atom. The number of amides is 1. The summed E-state index contributed by atoms with van der Waals surface area (Å²) < 4.78 is 41.1. The Hall–Kier alpha value is -4.41. The molecule has 2 aliphatic carbocycles. The Morgan fingerprint density at radius 1 is 1.14 bits per heavy atom. The molecular formula is C36H37F3N8OS. The normalized spacial score (nSPS) is 22.8. The van der Waals surface area contributed by atoms with E-state index in [1.54, 1.807) is 18.3 Å². The summed E-state index contributed by atoms with van der Waals surface area (Å²) in [6.45, 7) is 5.49. The summed E-state index contributed by atoms with van der Waals surface area (Å²) in [6.07, 6.45) is 2.75. The van der Waals surface area contributed by atoms with E-state index in [2.05, 4.69) is 60.2 Å². The molecule has 49 heavy (non-hydrogen) atoms. The number of carbonyl (C=O) groups is 1. The number of piperidine rings is 1. The van der Waals surface area contributed by atoms with Gasteiger partial charge in [-0.05, 0) is 91.8 Å². The molecule has 5 heterocycles. The fraction of sp³-hybridized carbons (Fsp3) is 0.444. The summed E-state index contributed by atoms with van der Waals surface area (Å²) >= 11 is 1.07. The van der Waals surface area contributed by atoms with Crippen molar-refractivity contribution in [2.75, 3.05) is 18.4 Å². The van der Waals surface area contributed by atoms with Crippen LogP contribution in [0.1, 0.15) is 64.3 Å². The molecule has 1 aromatic carbocycles. The van der Waals surface area contributed by atoms with Gasteiger partial charge in [-0.25, -0.2) is 9.97 Å². The van der Waals surface area contributed by atoms with Crippen LogP contribution in [0.15, 0.2) is 48.9 Å². The van der Waals surface area contributed by atoms with Crippen molar-refractivity contribution in [2.24, 2.45) is 11.3 Å². The minimum Gasteiger partial charge on any atom is -0.367 e. The van der Waals surface area contributed by atoms with Crippen LogP contribution < -0.4 is 10.6 Å². The van der Waals surface area contributed by atoms with Gasteiger partial charge < -0.3 is 20.2 Å². The Balaban J connectivity index is 0.908. The number of likely N-dealkylation sites (tertiary alicyclic amines) is 1. The van der Waals surface area contributed by atoms with Gasteiger partial charge in [0.15, 0.2) is 0 Å². The van der Waals surface area contributed by atoms with Crippen LogP contribution in [0.3, 0.4) is 0 Å². The van der Waals surface area contributed by atoms with Gasteiger partial charge in [0.1, 0.15) is 34.4 Å². The highest BCUT2D eigenvalue weighted by atomic mass is 32.1. The van der Waals surface area contributed by atoms with Crippen LogP contribution in [0.2, 0.25) is 0 Å². The lowest BCUT2D eigenvalue weighted by atomic mass is 10.00. The second-order valence-electron chi connectivity index (χ2n) is 14.1. The zero-order valence-corrected chi connectivity index (χ0v) is 27.9. The van der Waals surface area contributed by atoms with Crippen molar-refractivity contribution in [3.63, 3.8) is 0 Å². The van der Waals surface area contributed by atoms with Crippen molar-refractivity contribution >= 4 is 44.2 Å². The maximum atomic E-state index is 13.0. The second-order valence-corrected chi connectivity index (χ2v) is 15.2. The highest BCUT2D eigenvalue weighted by Crippen LogP contribution is 2.64. The van der Waals surface area contributed by atoms with Crippen molar-refractivity contribution < 1.29 is 18.0 Å². The number of alkyl halides is 3. The number of rotatable bonds is 9. The maximum Gasteiger partial charge on any atom is 0.393 e. The van der Waals surface area contributed by atoms with Crippen LogP contribution in [0.25, 0.3) is 21.1 Å². The van der Waals surface area contributed by atoms with Crippen LogP contribution >= 0.6 is 11.3 Å². The van der Waals surface area contributed by atoms with Crippen molar-refractivity contribution in [1.29, 1.82) is 5.26 Å². The molecule has 3 N–H and O–H groups in total. The van der Waals surface area contributed by atoms with Gasteiger partial charge >= 0.3 is 6.18 Å². The lowest BCUT2D eigenvalue weighted by Gasteiger charge is -2.33. The van der Waals surface area contributed by atoms with E-state index < -0.39 is 12.6 Å². The van der Waals surface area contributed by atoms with E-state index in [1.807, 2.05) is 12.1 Å². The molecule has 0 bridgehead atoms. The van der Waals surface area contributed by atoms with E-state index >= 15 is 0 Å². The van der Waals surface area contributed by atoms with Crippen LogP contribution in [0.4, 0.5) is 19.0 Å².